The molecule has 0 unspecified atom stereocenters. The Morgan fingerprint density at radius 2 is 1.74 bits per heavy atom. The molecule has 0 amide bonds. The van der Waals surface area contributed by atoms with Gasteiger partial charge in [0.15, 0.2) is 5.83 Å². The van der Waals surface area contributed by atoms with Crippen molar-refractivity contribution in [2.75, 3.05) is 31.1 Å². The second kappa shape index (κ2) is 9.70. The number of halogens is 1. The van der Waals surface area contributed by atoms with Crippen molar-refractivity contribution in [3.05, 3.63) is 71.2 Å². The van der Waals surface area contributed by atoms with E-state index in [1.807, 2.05) is 42.1 Å². The molecule has 0 bridgehead atoms. The molecule has 184 valence electrons. The number of piperazine rings is 1. The van der Waals surface area contributed by atoms with Gasteiger partial charge in [0, 0.05) is 44.1 Å². The number of pyridine rings is 1. The zero-order valence-corrected chi connectivity index (χ0v) is 22.3. The predicted molar refractivity (Wildman–Crippen MR) is 146 cm³/mol. The Balaban J connectivity index is 1.26. The summed E-state index contributed by atoms with van der Waals surface area (Å²) in [5, 5.41) is 5.95. The van der Waals surface area contributed by atoms with Gasteiger partial charge in [0.2, 0.25) is 0 Å². The first-order valence-electron chi connectivity index (χ1n) is 12.7. The minimum Gasteiger partial charge on any atom is -0.354 e. The Labute approximate surface area is 209 Å². The topological polar surface area (TPSA) is 37.2 Å². The van der Waals surface area contributed by atoms with Crippen LogP contribution >= 0.6 is 0 Å². The zero-order valence-electron chi connectivity index (χ0n) is 21.3. The number of nitrogens with zero attached hydrogens (tertiary/aromatic N) is 5. The Morgan fingerprint density at radius 3 is 2.40 bits per heavy atom. The largest absolute Gasteiger partial charge is 0.354 e. The summed E-state index contributed by atoms with van der Waals surface area (Å²) in [5.41, 5.74) is 3.30. The Bertz CT molecular complexity index is 1200. The lowest BCUT2D eigenvalue weighted by molar-refractivity contribution is 0.247. The van der Waals surface area contributed by atoms with Gasteiger partial charge in [-0.2, -0.15) is 5.10 Å². The van der Waals surface area contributed by atoms with Crippen molar-refractivity contribution < 1.29 is 4.39 Å². The molecule has 1 aliphatic heterocycles. The number of hydrogen-bond donors (Lipinski definition) is 0. The van der Waals surface area contributed by atoms with Gasteiger partial charge in [-0.1, -0.05) is 49.1 Å². The van der Waals surface area contributed by atoms with E-state index in [1.54, 1.807) is 6.08 Å². The van der Waals surface area contributed by atoms with Crippen LogP contribution in [0.3, 0.4) is 0 Å². The van der Waals surface area contributed by atoms with Crippen LogP contribution in [0.15, 0.2) is 48.7 Å². The van der Waals surface area contributed by atoms with Gasteiger partial charge in [0.25, 0.3) is 0 Å². The lowest BCUT2D eigenvalue weighted by Crippen LogP contribution is -2.47. The second-order valence-corrected chi connectivity index (χ2v) is 16.0. The molecule has 0 radical (unpaired) electrons. The predicted octanol–water partition coefficient (Wildman–Crippen LogP) is 4.93. The van der Waals surface area contributed by atoms with Gasteiger partial charge in [0.1, 0.15) is 11.5 Å². The van der Waals surface area contributed by atoms with E-state index in [9.17, 15) is 0 Å². The molecule has 2 aromatic heterocycles. The van der Waals surface area contributed by atoms with E-state index in [-0.39, 0.29) is 5.83 Å². The maximum absolute atomic E-state index is 15.1. The summed E-state index contributed by atoms with van der Waals surface area (Å²) in [6.45, 7) is 13.8. The van der Waals surface area contributed by atoms with Crippen molar-refractivity contribution in [1.82, 2.24) is 19.7 Å². The fourth-order valence-electron chi connectivity index (χ4n) is 4.75. The third-order valence-corrected chi connectivity index (χ3v) is 9.21. The summed E-state index contributed by atoms with van der Waals surface area (Å²) in [5.74, 6) is 0.715. The molecule has 0 N–H and O–H groups in total. The van der Waals surface area contributed by atoms with Crippen LogP contribution in [0, 0.1) is 6.92 Å². The fourth-order valence-corrected chi connectivity index (χ4v) is 5.91. The summed E-state index contributed by atoms with van der Waals surface area (Å²) in [7, 11) is -1.36. The highest BCUT2D eigenvalue weighted by atomic mass is 28.3. The average Bonchev–Trinajstić information content (AvgIpc) is 3.63. The maximum atomic E-state index is 15.1. The first kappa shape index (κ1) is 23.9. The summed E-state index contributed by atoms with van der Waals surface area (Å²) in [4.78, 5) is 9.61. The molecule has 35 heavy (non-hydrogen) atoms. The molecule has 7 heteroatoms. The smallest absolute Gasteiger partial charge is 0.151 e. The van der Waals surface area contributed by atoms with E-state index in [0.717, 1.165) is 54.9 Å². The Kier molecular flexibility index (Phi) is 6.64. The molecule has 1 aromatic carbocycles. The average molecular weight is 490 g/mol. The third-order valence-electron chi connectivity index (χ3n) is 7.14. The van der Waals surface area contributed by atoms with E-state index in [1.165, 1.54) is 18.0 Å². The maximum Gasteiger partial charge on any atom is 0.151 e. The van der Waals surface area contributed by atoms with Crippen molar-refractivity contribution in [3.8, 4) is 0 Å². The van der Waals surface area contributed by atoms with Crippen LogP contribution < -0.4 is 10.1 Å². The molecule has 5 nitrogen and oxygen atoms in total. The van der Waals surface area contributed by atoms with Crippen molar-refractivity contribution in [2.45, 2.75) is 52.0 Å². The molecule has 3 heterocycles. The highest BCUT2D eigenvalue weighted by Crippen LogP contribution is 2.28. The molecule has 5 rings (SSSR count). The molecular weight excluding hydrogens is 453 g/mol. The third kappa shape index (κ3) is 5.73. The SMILES string of the molecule is Cc1cc(C(F)=Cc2ccc([Si](C)(C)C)cc2)nn1Cc1ccnc(N2CCN(C3CC3)CC2)c1. The minimum atomic E-state index is -1.36. The molecule has 3 aromatic rings. The van der Waals surface area contributed by atoms with Gasteiger partial charge >= 0.3 is 0 Å². The zero-order chi connectivity index (χ0) is 24.6. The highest BCUT2D eigenvalue weighted by Gasteiger charge is 2.31. The number of aromatic nitrogens is 3. The quantitative estimate of drug-likeness (QED) is 0.441. The van der Waals surface area contributed by atoms with Crippen LogP contribution in [0.25, 0.3) is 11.9 Å². The first-order valence-corrected chi connectivity index (χ1v) is 16.2. The molecule has 0 atom stereocenters. The van der Waals surface area contributed by atoms with Crippen LogP contribution in [0.5, 0.6) is 0 Å². The van der Waals surface area contributed by atoms with E-state index >= 15 is 4.39 Å². The highest BCUT2D eigenvalue weighted by molar-refractivity contribution is 6.88. The number of rotatable bonds is 7. The number of anilines is 1. The monoisotopic (exact) mass is 489 g/mol. The fraction of sp³-hybridized carbons (Fsp3) is 0.429. The Hall–Kier alpha value is -2.77. The van der Waals surface area contributed by atoms with E-state index in [0.29, 0.717) is 12.2 Å². The van der Waals surface area contributed by atoms with Gasteiger partial charge in [-0.3, -0.25) is 9.58 Å². The normalized spacial score (nSPS) is 17.7. The second-order valence-electron chi connectivity index (χ2n) is 11.0. The summed E-state index contributed by atoms with van der Waals surface area (Å²) in [6, 6.07) is 15.1. The first-order chi connectivity index (χ1) is 16.8. The summed E-state index contributed by atoms with van der Waals surface area (Å²) in [6.07, 6.45) is 6.17. The van der Waals surface area contributed by atoms with Gasteiger partial charge in [-0.25, -0.2) is 9.37 Å². The van der Waals surface area contributed by atoms with Crippen LogP contribution in [-0.4, -0.2) is 60.0 Å². The van der Waals surface area contributed by atoms with Crippen LogP contribution in [0.2, 0.25) is 19.6 Å². The number of benzene rings is 1. The van der Waals surface area contributed by atoms with Crippen LogP contribution in [0.4, 0.5) is 10.2 Å². The van der Waals surface area contributed by atoms with E-state index in [2.05, 4.69) is 57.7 Å². The van der Waals surface area contributed by atoms with Gasteiger partial charge in [-0.05, 0) is 55.2 Å². The lowest BCUT2D eigenvalue weighted by Gasteiger charge is -2.35. The summed E-state index contributed by atoms with van der Waals surface area (Å²) >= 11 is 0. The van der Waals surface area contributed by atoms with Crippen molar-refractivity contribution in [1.29, 1.82) is 0 Å². The molecular formula is C28H36FN5Si. The van der Waals surface area contributed by atoms with E-state index < -0.39 is 8.07 Å². The molecule has 2 aliphatic rings. The minimum absolute atomic E-state index is 0.309. The van der Waals surface area contributed by atoms with Crippen molar-refractivity contribution in [2.24, 2.45) is 0 Å². The molecule has 1 saturated heterocycles. The van der Waals surface area contributed by atoms with Gasteiger partial charge in [-0.15, -0.1) is 0 Å². The van der Waals surface area contributed by atoms with Gasteiger partial charge in [0.05, 0.1) is 14.6 Å². The number of hydrogen-bond acceptors (Lipinski definition) is 4. The standard InChI is InChI=1S/C28H36FN5Si/c1-21-17-27(26(29)18-22-5-9-25(10-6-22)35(2,3)4)31-34(21)20-23-11-12-30-28(19-23)33-15-13-32(14-16-33)24-7-8-24/h5-6,9-12,17-19,24H,7-8,13-16,20H2,1-4H3. The van der Waals surface area contributed by atoms with E-state index in [4.69, 9.17) is 0 Å². The van der Waals surface area contributed by atoms with Crippen molar-refractivity contribution >= 4 is 31.0 Å². The number of aryl methyl sites for hydroxylation is 1. The summed E-state index contributed by atoms with van der Waals surface area (Å²) < 4.78 is 16.9. The van der Waals surface area contributed by atoms with Crippen molar-refractivity contribution in [3.63, 3.8) is 0 Å². The Morgan fingerprint density at radius 1 is 1.03 bits per heavy atom. The lowest BCUT2D eigenvalue weighted by atomic mass is 10.2. The molecule has 0 spiro atoms. The molecule has 1 saturated carbocycles. The molecule has 1 aliphatic carbocycles. The molecule has 2 fully saturated rings. The van der Waals surface area contributed by atoms with Crippen LogP contribution in [0.1, 0.15) is 35.4 Å². The van der Waals surface area contributed by atoms with Crippen LogP contribution in [-0.2, 0) is 6.54 Å². The van der Waals surface area contributed by atoms with Gasteiger partial charge < -0.3 is 4.90 Å².